The van der Waals surface area contributed by atoms with Crippen LogP contribution in [0.4, 0.5) is 24.5 Å². The van der Waals surface area contributed by atoms with Crippen LogP contribution in [0, 0.1) is 6.92 Å². The van der Waals surface area contributed by atoms with E-state index in [9.17, 15) is 26.4 Å². The van der Waals surface area contributed by atoms with Gasteiger partial charge in [-0.25, -0.2) is 8.42 Å². The Morgan fingerprint density at radius 1 is 1.00 bits per heavy atom. The number of hydrogen-bond donors (Lipinski definition) is 2. The molecule has 0 aliphatic carbocycles. The molecule has 0 fully saturated rings. The Bertz CT molecular complexity index is 1320. The molecule has 3 aromatic carbocycles. The van der Waals surface area contributed by atoms with Gasteiger partial charge in [-0.2, -0.15) is 13.2 Å². The lowest BCUT2D eigenvalue weighted by Crippen LogP contribution is -2.14. The summed E-state index contributed by atoms with van der Waals surface area (Å²) in [4.78, 5) is 12.6. The van der Waals surface area contributed by atoms with Crippen molar-refractivity contribution in [2.24, 2.45) is 0 Å². The van der Waals surface area contributed by atoms with E-state index in [0.29, 0.717) is 22.6 Å². The summed E-state index contributed by atoms with van der Waals surface area (Å²) in [5.41, 5.74) is 0.737. The second-order valence-corrected chi connectivity index (χ2v) is 9.44. The van der Waals surface area contributed by atoms with Crippen molar-refractivity contribution < 1.29 is 35.9 Å². The molecule has 0 aliphatic heterocycles. The van der Waals surface area contributed by atoms with Crippen molar-refractivity contribution >= 4 is 27.3 Å². The molecule has 3 aromatic rings. The van der Waals surface area contributed by atoms with Gasteiger partial charge >= 0.3 is 6.18 Å². The highest BCUT2D eigenvalue weighted by atomic mass is 32.2. The Hall–Kier alpha value is -3.73. The quantitative estimate of drug-likeness (QED) is 0.435. The summed E-state index contributed by atoms with van der Waals surface area (Å²) >= 11 is 0. The van der Waals surface area contributed by atoms with Gasteiger partial charge in [-0.05, 0) is 66.6 Å². The first-order valence-electron chi connectivity index (χ1n) is 10.2. The van der Waals surface area contributed by atoms with Gasteiger partial charge in [0, 0.05) is 17.3 Å². The first-order chi connectivity index (χ1) is 16.4. The summed E-state index contributed by atoms with van der Waals surface area (Å²) in [6.45, 7) is 1.38. The number of methoxy groups -OCH3 is 1. The SMILES string of the molecule is COc1ccc(C(=O)Nc2ccc(NS(C)(=O)=O)c(OCc3cc(C(F)(F)F)ccc3C)c2)cc1. The number of carbonyl (C=O) groups is 1. The monoisotopic (exact) mass is 508 g/mol. The molecule has 35 heavy (non-hydrogen) atoms. The fraction of sp³-hybridized carbons (Fsp3) is 0.208. The lowest BCUT2D eigenvalue weighted by Gasteiger charge is -2.16. The number of alkyl halides is 3. The van der Waals surface area contributed by atoms with Crippen molar-refractivity contribution in [3.63, 3.8) is 0 Å². The van der Waals surface area contributed by atoms with Crippen molar-refractivity contribution in [3.8, 4) is 11.5 Å². The molecule has 0 unspecified atom stereocenters. The number of hydrogen-bond acceptors (Lipinski definition) is 5. The van der Waals surface area contributed by atoms with E-state index in [1.807, 2.05) is 0 Å². The van der Waals surface area contributed by atoms with E-state index >= 15 is 0 Å². The van der Waals surface area contributed by atoms with Gasteiger partial charge < -0.3 is 14.8 Å². The minimum absolute atomic E-state index is 0.0276. The molecule has 0 heterocycles. The second kappa shape index (κ2) is 10.3. The molecule has 0 bridgehead atoms. The smallest absolute Gasteiger partial charge is 0.416 e. The highest BCUT2D eigenvalue weighted by Gasteiger charge is 2.30. The van der Waals surface area contributed by atoms with Crippen LogP contribution in [-0.4, -0.2) is 27.7 Å². The summed E-state index contributed by atoms with van der Waals surface area (Å²) in [6, 6.07) is 13.9. The van der Waals surface area contributed by atoms with Crippen LogP contribution >= 0.6 is 0 Å². The number of amides is 1. The first-order valence-corrected chi connectivity index (χ1v) is 12.1. The Morgan fingerprint density at radius 2 is 1.69 bits per heavy atom. The van der Waals surface area contributed by atoms with Crippen molar-refractivity contribution in [2.45, 2.75) is 19.7 Å². The molecule has 0 atom stereocenters. The van der Waals surface area contributed by atoms with E-state index in [1.54, 1.807) is 31.2 Å². The Balaban J connectivity index is 1.87. The number of sulfonamides is 1. The summed E-state index contributed by atoms with van der Waals surface area (Å²) in [7, 11) is -2.18. The molecule has 11 heteroatoms. The molecule has 0 aliphatic rings. The van der Waals surface area contributed by atoms with Crippen LogP contribution in [0.3, 0.4) is 0 Å². The van der Waals surface area contributed by atoms with Crippen molar-refractivity contribution in [3.05, 3.63) is 82.9 Å². The number of carbonyl (C=O) groups excluding carboxylic acids is 1. The molecule has 1 amide bonds. The van der Waals surface area contributed by atoms with E-state index in [4.69, 9.17) is 9.47 Å². The van der Waals surface area contributed by atoms with Crippen molar-refractivity contribution in [1.82, 2.24) is 0 Å². The summed E-state index contributed by atoms with van der Waals surface area (Å²) < 4.78 is 75.9. The zero-order valence-corrected chi connectivity index (χ0v) is 19.9. The maximum absolute atomic E-state index is 13.1. The third-order valence-electron chi connectivity index (χ3n) is 4.95. The third-order valence-corrected chi connectivity index (χ3v) is 5.54. The van der Waals surface area contributed by atoms with E-state index in [2.05, 4.69) is 10.0 Å². The van der Waals surface area contributed by atoms with Crippen LogP contribution in [0.5, 0.6) is 11.5 Å². The number of ether oxygens (including phenoxy) is 2. The first kappa shape index (κ1) is 25.9. The van der Waals surface area contributed by atoms with E-state index < -0.39 is 27.7 Å². The second-order valence-electron chi connectivity index (χ2n) is 7.70. The van der Waals surface area contributed by atoms with Gasteiger partial charge in [-0.15, -0.1) is 0 Å². The summed E-state index contributed by atoms with van der Waals surface area (Å²) in [5.74, 6) is 0.175. The van der Waals surface area contributed by atoms with Gasteiger partial charge in [0.2, 0.25) is 10.0 Å². The van der Waals surface area contributed by atoms with Gasteiger partial charge in [-0.1, -0.05) is 6.07 Å². The third kappa shape index (κ3) is 7.12. The lowest BCUT2D eigenvalue weighted by atomic mass is 10.1. The highest BCUT2D eigenvalue weighted by molar-refractivity contribution is 7.92. The zero-order chi connectivity index (χ0) is 25.8. The minimum atomic E-state index is -4.52. The highest BCUT2D eigenvalue weighted by Crippen LogP contribution is 2.33. The minimum Gasteiger partial charge on any atom is -0.497 e. The number of benzene rings is 3. The molecule has 3 rings (SSSR count). The van der Waals surface area contributed by atoms with Gasteiger partial charge in [0.25, 0.3) is 5.91 Å². The Morgan fingerprint density at radius 3 is 2.29 bits per heavy atom. The average Bonchev–Trinajstić information content (AvgIpc) is 2.78. The topological polar surface area (TPSA) is 93.7 Å². The largest absolute Gasteiger partial charge is 0.497 e. The standard InChI is InChI=1S/C24H23F3N2O5S/c1-15-4-7-18(24(25,26)27)12-17(15)14-34-22-13-19(8-11-21(22)29-35(3,31)32)28-23(30)16-5-9-20(33-2)10-6-16/h4-13,29H,14H2,1-3H3,(H,28,30). The Kier molecular flexibility index (Phi) is 7.59. The van der Waals surface area contributed by atoms with Crippen LogP contribution in [0.25, 0.3) is 0 Å². The van der Waals surface area contributed by atoms with E-state index in [1.165, 1.54) is 31.4 Å². The number of nitrogens with one attached hydrogen (secondary N) is 2. The van der Waals surface area contributed by atoms with Crippen LogP contribution in [0.1, 0.15) is 27.0 Å². The predicted molar refractivity (Wildman–Crippen MR) is 126 cm³/mol. The number of rotatable bonds is 8. The molecular weight excluding hydrogens is 485 g/mol. The molecular formula is C24H23F3N2O5S. The fourth-order valence-electron chi connectivity index (χ4n) is 3.11. The molecule has 0 aromatic heterocycles. The molecule has 7 nitrogen and oxygen atoms in total. The van der Waals surface area contributed by atoms with Gasteiger partial charge in [0.05, 0.1) is 24.6 Å². The van der Waals surface area contributed by atoms with Gasteiger partial charge in [0.1, 0.15) is 18.1 Å². The number of halogens is 3. The molecule has 0 saturated heterocycles. The van der Waals surface area contributed by atoms with Gasteiger partial charge in [0.15, 0.2) is 0 Å². The van der Waals surface area contributed by atoms with Crippen molar-refractivity contribution in [1.29, 1.82) is 0 Å². The zero-order valence-electron chi connectivity index (χ0n) is 19.1. The average molecular weight is 509 g/mol. The van der Waals surface area contributed by atoms with Gasteiger partial charge in [-0.3, -0.25) is 9.52 Å². The summed E-state index contributed by atoms with van der Waals surface area (Å²) in [5, 5.41) is 2.68. The van der Waals surface area contributed by atoms with Crippen LogP contribution < -0.4 is 19.5 Å². The molecule has 0 spiro atoms. The number of aryl methyl sites for hydroxylation is 1. The summed E-state index contributed by atoms with van der Waals surface area (Å²) in [6.07, 6.45) is -3.57. The van der Waals surface area contributed by atoms with E-state index in [0.717, 1.165) is 18.4 Å². The van der Waals surface area contributed by atoms with Crippen LogP contribution in [-0.2, 0) is 22.8 Å². The lowest BCUT2D eigenvalue weighted by molar-refractivity contribution is -0.137. The molecule has 0 radical (unpaired) electrons. The van der Waals surface area contributed by atoms with Crippen molar-refractivity contribution in [2.75, 3.05) is 23.4 Å². The fourth-order valence-corrected chi connectivity index (χ4v) is 3.68. The molecule has 0 saturated carbocycles. The molecule has 2 N–H and O–H groups in total. The Labute approximate surface area is 200 Å². The van der Waals surface area contributed by atoms with Crippen LogP contribution in [0.15, 0.2) is 60.7 Å². The molecule has 186 valence electrons. The maximum atomic E-state index is 13.1. The predicted octanol–water partition coefficient (Wildman–Crippen LogP) is 5.23. The normalized spacial score (nSPS) is 11.6. The number of anilines is 2. The maximum Gasteiger partial charge on any atom is 0.416 e. The van der Waals surface area contributed by atoms with E-state index in [-0.39, 0.29) is 23.6 Å². The van der Waals surface area contributed by atoms with Crippen LogP contribution in [0.2, 0.25) is 0 Å².